The number of fused-ring (bicyclic) bond motifs is 2. The van der Waals surface area contributed by atoms with Gasteiger partial charge in [-0.3, -0.25) is 14.6 Å². The Hall–Kier alpha value is -3.32. The largest absolute Gasteiger partial charge is 0.346 e. The van der Waals surface area contributed by atoms with Gasteiger partial charge < -0.3 is 15.5 Å². The number of pyridine rings is 1. The number of aromatic nitrogens is 1. The van der Waals surface area contributed by atoms with E-state index in [4.69, 9.17) is 0 Å². The topological polar surface area (TPSA) is 74.3 Å². The fraction of sp³-hybridized carbons (Fsp3) is 0.414. The van der Waals surface area contributed by atoms with Crippen molar-refractivity contribution in [2.45, 2.75) is 56.3 Å². The number of nitrogens with one attached hydrogen (secondary N) is 2. The van der Waals surface area contributed by atoms with Gasteiger partial charge >= 0.3 is 0 Å². The maximum atomic E-state index is 13.6. The summed E-state index contributed by atoms with van der Waals surface area (Å²) in [6.07, 6.45) is 6.69. The van der Waals surface area contributed by atoms with Gasteiger partial charge in [0.2, 0.25) is 5.91 Å². The quantitative estimate of drug-likeness (QED) is 0.576. The minimum Gasteiger partial charge on any atom is -0.346 e. The van der Waals surface area contributed by atoms with E-state index < -0.39 is 0 Å². The average Bonchev–Trinajstić information content (AvgIpc) is 3.46. The van der Waals surface area contributed by atoms with Crippen molar-refractivity contribution in [3.05, 3.63) is 77.2 Å². The second-order valence-electron chi connectivity index (χ2n) is 11.4. The SMILES string of the molecule is O=C(NC12CC3CC(C1)C(NCC(=O)N1Cc4ccc(F)cc4C1)(C3)C2)c1cnc2ccccc2c1. The molecule has 1 aliphatic heterocycles. The van der Waals surface area contributed by atoms with Crippen molar-refractivity contribution in [1.29, 1.82) is 0 Å². The van der Waals surface area contributed by atoms with Crippen LogP contribution in [0.3, 0.4) is 0 Å². The number of benzene rings is 2. The number of hydrogen-bond acceptors (Lipinski definition) is 4. The summed E-state index contributed by atoms with van der Waals surface area (Å²) in [5, 5.41) is 8.03. The second-order valence-corrected chi connectivity index (χ2v) is 11.4. The van der Waals surface area contributed by atoms with Crippen molar-refractivity contribution in [3.8, 4) is 0 Å². The van der Waals surface area contributed by atoms with Crippen LogP contribution in [0, 0.1) is 17.7 Å². The second kappa shape index (κ2) is 7.84. The molecule has 4 bridgehead atoms. The molecule has 7 heteroatoms. The van der Waals surface area contributed by atoms with Crippen LogP contribution < -0.4 is 10.6 Å². The van der Waals surface area contributed by atoms with Crippen LogP contribution in [0.25, 0.3) is 10.9 Å². The van der Waals surface area contributed by atoms with Crippen LogP contribution >= 0.6 is 0 Å². The van der Waals surface area contributed by atoms with E-state index in [1.165, 1.54) is 12.1 Å². The van der Waals surface area contributed by atoms with Gasteiger partial charge in [-0.15, -0.1) is 0 Å². The number of para-hydroxylation sites is 1. The summed E-state index contributed by atoms with van der Waals surface area (Å²) in [6, 6.07) is 14.5. The van der Waals surface area contributed by atoms with Gasteiger partial charge in [-0.2, -0.15) is 0 Å². The van der Waals surface area contributed by atoms with Crippen LogP contribution in [0.15, 0.2) is 54.7 Å². The first-order chi connectivity index (χ1) is 17.4. The molecule has 2 amide bonds. The average molecular weight is 485 g/mol. The number of halogens is 1. The third kappa shape index (κ3) is 3.52. The number of carbonyl (C=O) groups excluding carboxylic acids is 2. The molecule has 6 nitrogen and oxygen atoms in total. The fourth-order valence-corrected chi connectivity index (χ4v) is 7.74. The normalized spacial score (nSPS) is 29.6. The summed E-state index contributed by atoms with van der Waals surface area (Å²) < 4.78 is 13.6. The number of amides is 2. The van der Waals surface area contributed by atoms with Gasteiger partial charge in [-0.25, -0.2) is 4.39 Å². The standard InChI is InChI=1S/C29H29FN4O2/c30-24-6-5-20-15-34(16-22(20)9-24)26(35)14-32-29-11-18-7-23(29)12-28(10-18,17-29)33-27(36)21-8-19-3-1-2-4-25(19)31-13-21/h1-6,8-9,13,18,23,32H,7,10-12,14-17H2,(H,33,36). The maximum absolute atomic E-state index is 13.6. The Balaban J connectivity index is 1.03. The van der Waals surface area contributed by atoms with E-state index in [2.05, 4.69) is 15.6 Å². The molecule has 4 unspecified atom stereocenters. The molecule has 8 rings (SSSR count). The van der Waals surface area contributed by atoms with E-state index in [1.54, 1.807) is 17.2 Å². The molecule has 0 saturated heterocycles. The van der Waals surface area contributed by atoms with Gasteiger partial charge in [-0.1, -0.05) is 24.3 Å². The van der Waals surface area contributed by atoms with E-state index in [0.717, 1.165) is 54.1 Å². The highest BCUT2D eigenvalue weighted by atomic mass is 19.1. The lowest BCUT2D eigenvalue weighted by Gasteiger charge is -2.42. The molecule has 3 aromatic rings. The molecule has 4 fully saturated rings. The first kappa shape index (κ1) is 21.9. The summed E-state index contributed by atoms with van der Waals surface area (Å²) in [5.74, 6) is 0.750. The maximum Gasteiger partial charge on any atom is 0.253 e. The van der Waals surface area contributed by atoms with Crippen LogP contribution in [0.4, 0.5) is 4.39 Å². The Morgan fingerprint density at radius 3 is 2.83 bits per heavy atom. The Morgan fingerprint density at radius 2 is 1.92 bits per heavy atom. The molecule has 0 spiro atoms. The van der Waals surface area contributed by atoms with Crippen LogP contribution in [0.5, 0.6) is 0 Å². The lowest BCUT2D eigenvalue weighted by molar-refractivity contribution is -0.131. The van der Waals surface area contributed by atoms with Gasteiger partial charge in [0, 0.05) is 35.8 Å². The number of rotatable bonds is 5. The zero-order valence-corrected chi connectivity index (χ0v) is 20.1. The summed E-state index contributed by atoms with van der Waals surface area (Å²) in [5.41, 5.74) is 3.05. The lowest BCUT2D eigenvalue weighted by Crippen LogP contribution is -2.56. The molecule has 36 heavy (non-hydrogen) atoms. The first-order valence-electron chi connectivity index (χ1n) is 12.9. The Bertz CT molecular complexity index is 1410. The molecule has 0 radical (unpaired) electrons. The van der Waals surface area contributed by atoms with Crippen molar-refractivity contribution in [1.82, 2.24) is 20.5 Å². The van der Waals surface area contributed by atoms with Crippen LogP contribution in [0.2, 0.25) is 0 Å². The molecule has 4 aliphatic carbocycles. The minimum atomic E-state index is -0.258. The van der Waals surface area contributed by atoms with E-state index in [0.29, 0.717) is 30.5 Å². The predicted molar refractivity (Wildman–Crippen MR) is 133 cm³/mol. The zero-order chi connectivity index (χ0) is 24.5. The summed E-state index contributed by atoms with van der Waals surface area (Å²) >= 11 is 0. The molecule has 5 aliphatic rings. The number of nitrogens with zero attached hydrogens (tertiary/aromatic N) is 2. The monoisotopic (exact) mass is 484 g/mol. The molecule has 4 atom stereocenters. The Morgan fingerprint density at radius 1 is 1.06 bits per heavy atom. The molecule has 184 valence electrons. The van der Waals surface area contributed by atoms with Gasteiger partial charge in [0.25, 0.3) is 5.91 Å². The van der Waals surface area contributed by atoms with Crippen molar-refractivity contribution < 1.29 is 14.0 Å². The van der Waals surface area contributed by atoms with Crippen LogP contribution in [-0.2, 0) is 17.9 Å². The molecule has 2 N–H and O–H groups in total. The van der Waals surface area contributed by atoms with E-state index in [9.17, 15) is 14.0 Å². The Kier molecular flexibility index (Phi) is 4.77. The summed E-state index contributed by atoms with van der Waals surface area (Å²) in [6.45, 7) is 1.28. The van der Waals surface area contributed by atoms with E-state index >= 15 is 0 Å². The van der Waals surface area contributed by atoms with Crippen molar-refractivity contribution in [2.24, 2.45) is 11.8 Å². The molecule has 4 saturated carbocycles. The summed E-state index contributed by atoms with van der Waals surface area (Å²) in [4.78, 5) is 32.6. The fourth-order valence-electron chi connectivity index (χ4n) is 7.74. The van der Waals surface area contributed by atoms with E-state index in [-0.39, 0.29) is 35.3 Å². The highest BCUT2D eigenvalue weighted by Gasteiger charge is 2.64. The van der Waals surface area contributed by atoms with Crippen molar-refractivity contribution >= 4 is 22.7 Å². The number of hydrogen-bond donors (Lipinski definition) is 2. The highest BCUT2D eigenvalue weighted by molar-refractivity contribution is 5.97. The van der Waals surface area contributed by atoms with Crippen LogP contribution in [-0.4, -0.2) is 39.3 Å². The lowest BCUT2D eigenvalue weighted by atomic mass is 9.74. The molecule has 1 aromatic heterocycles. The van der Waals surface area contributed by atoms with Gasteiger partial charge in [0.1, 0.15) is 5.82 Å². The predicted octanol–water partition coefficient (Wildman–Crippen LogP) is 3.94. The van der Waals surface area contributed by atoms with Gasteiger partial charge in [0.05, 0.1) is 17.6 Å². The van der Waals surface area contributed by atoms with Gasteiger partial charge in [-0.05, 0) is 79.3 Å². The molecule has 2 heterocycles. The molecular formula is C29H29FN4O2. The smallest absolute Gasteiger partial charge is 0.253 e. The third-order valence-electron chi connectivity index (χ3n) is 9.09. The van der Waals surface area contributed by atoms with Crippen molar-refractivity contribution in [3.63, 3.8) is 0 Å². The highest BCUT2D eigenvalue weighted by Crippen LogP contribution is 2.62. The van der Waals surface area contributed by atoms with E-state index in [1.807, 2.05) is 30.3 Å². The van der Waals surface area contributed by atoms with Crippen molar-refractivity contribution in [2.75, 3.05) is 6.54 Å². The van der Waals surface area contributed by atoms with Crippen LogP contribution in [0.1, 0.15) is 53.6 Å². The molecule has 2 aromatic carbocycles. The first-order valence-corrected chi connectivity index (χ1v) is 12.9. The Labute approximate surface area is 209 Å². The molecular weight excluding hydrogens is 455 g/mol. The minimum absolute atomic E-state index is 0.0486. The third-order valence-corrected chi connectivity index (χ3v) is 9.09. The number of carbonyl (C=O) groups is 2. The zero-order valence-electron chi connectivity index (χ0n) is 20.1. The van der Waals surface area contributed by atoms with Gasteiger partial charge in [0.15, 0.2) is 0 Å². The summed E-state index contributed by atoms with van der Waals surface area (Å²) in [7, 11) is 0.